The summed E-state index contributed by atoms with van der Waals surface area (Å²) in [7, 11) is 1.85. The second kappa shape index (κ2) is 4.95. The number of anilines is 1. The summed E-state index contributed by atoms with van der Waals surface area (Å²) in [6, 6.07) is 8.54. The molecule has 3 aromatic rings. The van der Waals surface area contributed by atoms with Crippen molar-refractivity contribution < 1.29 is 4.79 Å². The van der Waals surface area contributed by atoms with E-state index < -0.39 is 0 Å². The Bertz CT molecular complexity index is 939. The summed E-state index contributed by atoms with van der Waals surface area (Å²) in [5, 5.41) is 0. The minimum Gasteiger partial charge on any atom is -0.315 e. The van der Waals surface area contributed by atoms with Crippen LogP contribution in [-0.2, 0) is 11.2 Å². The Labute approximate surface area is 135 Å². The molecule has 3 heterocycles. The Morgan fingerprint density at radius 3 is 2.70 bits per heavy atom. The Hall–Kier alpha value is -2.62. The second-order valence-corrected chi connectivity index (χ2v) is 6.32. The molecule has 4 rings (SSSR count). The zero-order valence-corrected chi connectivity index (χ0v) is 13.6. The Balaban J connectivity index is 1.84. The Kier molecular flexibility index (Phi) is 3.01. The molecule has 0 saturated heterocycles. The minimum atomic E-state index is 0.191. The van der Waals surface area contributed by atoms with Crippen LogP contribution in [0.4, 0.5) is 5.69 Å². The lowest BCUT2D eigenvalue weighted by atomic mass is 9.96. The van der Waals surface area contributed by atoms with Gasteiger partial charge in [0.2, 0.25) is 5.91 Å². The van der Waals surface area contributed by atoms with Crippen molar-refractivity contribution in [2.75, 3.05) is 11.9 Å². The SMILES string of the molecule is Cc1cn2cc(-c3ccc4c(c3)CCC(=O)N4C)cc(C)c2n1. The lowest BCUT2D eigenvalue weighted by molar-refractivity contribution is -0.118. The van der Waals surface area contributed by atoms with Crippen molar-refractivity contribution >= 4 is 17.2 Å². The molecule has 116 valence electrons. The summed E-state index contributed by atoms with van der Waals surface area (Å²) in [5.41, 5.74) is 7.83. The topological polar surface area (TPSA) is 37.6 Å². The van der Waals surface area contributed by atoms with E-state index in [2.05, 4.69) is 53.0 Å². The van der Waals surface area contributed by atoms with E-state index in [4.69, 9.17) is 0 Å². The highest BCUT2D eigenvalue weighted by molar-refractivity contribution is 5.96. The number of pyridine rings is 1. The number of nitrogens with zero attached hydrogens (tertiary/aromatic N) is 3. The highest BCUT2D eigenvalue weighted by atomic mass is 16.2. The normalized spacial score (nSPS) is 14.4. The van der Waals surface area contributed by atoms with E-state index in [0.29, 0.717) is 6.42 Å². The van der Waals surface area contributed by atoms with Crippen LogP contribution in [0.15, 0.2) is 36.7 Å². The van der Waals surface area contributed by atoms with Crippen LogP contribution in [-0.4, -0.2) is 22.3 Å². The first-order valence-corrected chi connectivity index (χ1v) is 7.89. The molecule has 1 aliphatic rings. The van der Waals surface area contributed by atoms with Gasteiger partial charge in [0.05, 0.1) is 5.69 Å². The molecular formula is C19H19N3O. The zero-order chi connectivity index (χ0) is 16.1. The molecule has 1 aliphatic heterocycles. The predicted molar refractivity (Wildman–Crippen MR) is 91.8 cm³/mol. The van der Waals surface area contributed by atoms with Crippen molar-refractivity contribution in [3.63, 3.8) is 0 Å². The summed E-state index contributed by atoms with van der Waals surface area (Å²) in [5.74, 6) is 0.191. The predicted octanol–water partition coefficient (Wildman–Crippen LogP) is 3.53. The van der Waals surface area contributed by atoms with Gasteiger partial charge in [-0.2, -0.15) is 0 Å². The van der Waals surface area contributed by atoms with Crippen LogP contribution in [0.1, 0.15) is 23.2 Å². The first-order chi connectivity index (χ1) is 11.0. The van der Waals surface area contributed by atoms with Gasteiger partial charge in [-0.15, -0.1) is 0 Å². The molecule has 23 heavy (non-hydrogen) atoms. The molecule has 4 nitrogen and oxygen atoms in total. The summed E-state index contributed by atoms with van der Waals surface area (Å²) < 4.78 is 2.09. The van der Waals surface area contributed by atoms with Crippen molar-refractivity contribution in [1.82, 2.24) is 9.38 Å². The van der Waals surface area contributed by atoms with Gasteiger partial charge in [-0.25, -0.2) is 4.98 Å². The maximum atomic E-state index is 11.8. The van der Waals surface area contributed by atoms with Crippen LogP contribution in [0.25, 0.3) is 16.8 Å². The quantitative estimate of drug-likeness (QED) is 0.690. The molecule has 0 saturated carbocycles. The van der Waals surface area contributed by atoms with Crippen molar-refractivity contribution in [3.05, 3.63) is 53.5 Å². The molecule has 1 amide bonds. The second-order valence-electron chi connectivity index (χ2n) is 6.32. The lowest BCUT2D eigenvalue weighted by Gasteiger charge is -2.26. The first kappa shape index (κ1) is 14.0. The molecule has 0 spiro atoms. The van der Waals surface area contributed by atoms with Crippen LogP contribution in [0.3, 0.4) is 0 Å². The highest BCUT2D eigenvalue weighted by Crippen LogP contribution is 2.32. The maximum Gasteiger partial charge on any atom is 0.227 e. The van der Waals surface area contributed by atoms with Gasteiger partial charge in [0.25, 0.3) is 0 Å². The average molecular weight is 305 g/mol. The number of rotatable bonds is 1. The number of carbonyl (C=O) groups excluding carboxylic acids is 1. The molecule has 0 N–H and O–H groups in total. The van der Waals surface area contributed by atoms with Crippen molar-refractivity contribution in [2.24, 2.45) is 0 Å². The number of imidazole rings is 1. The van der Waals surface area contributed by atoms with Gasteiger partial charge < -0.3 is 9.30 Å². The summed E-state index contributed by atoms with van der Waals surface area (Å²) >= 11 is 0. The van der Waals surface area contributed by atoms with Gasteiger partial charge in [-0.05, 0) is 60.7 Å². The third kappa shape index (κ3) is 2.22. The summed E-state index contributed by atoms with van der Waals surface area (Å²) in [4.78, 5) is 18.1. The monoisotopic (exact) mass is 305 g/mol. The third-order valence-electron chi connectivity index (χ3n) is 4.61. The number of amides is 1. The van der Waals surface area contributed by atoms with Crippen LogP contribution in [0.2, 0.25) is 0 Å². The van der Waals surface area contributed by atoms with Crippen LogP contribution in [0, 0.1) is 13.8 Å². The average Bonchev–Trinajstić information content (AvgIpc) is 2.92. The number of carbonyl (C=O) groups is 1. The summed E-state index contributed by atoms with van der Waals surface area (Å²) in [6.45, 7) is 4.11. The van der Waals surface area contributed by atoms with Crippen molar-refractivity contribution in [1.29, 1.82) is 0 Å². The standard InChI is InChI=1S/C19H19N3O/c1-12-8-16(11-22-10-13(2)20-19(12)22)14-4-6-17-15(9-14)5-7-18(23)21(17)3/h4,6,8-11H,5,7H2,1-3H3. The van der Waals surface area contributed by atoms with Crippen molar-refractivity contribution in [3.8, 4) is 11.1 Å². The first-order valence-electron chi connectivity index (χ1n) is 7.89. The third-order valence-corrected chi connectivity index (χ3v) is 4.61. The molecule has 0 bridgehead atoms. The summed E-state index contributed by atoms with van der Waals surface area (Å²) in [6.07, 6.45) is 5.59. The fourth-order valence-electron chi connectivity index (χ4n) is 3.39. The van der Waals surface area contributed by atoms with Gasteiger partial charge in [-0.3, -0.25) is 4.79 Å². The van der Waals surface area contributed by atoms with E-state index in [9.17, 15) is 4.79 Å². The van der Waals surface area contributed by atoms with E-state index >= 15 is 0 Å². The van der Waals surface area contributed by atoms with E-state index in [1.54, 1.807) is 4.90 Å². The molecule has 0 fully saturated rings. The molecule has 0 atom stereocenters. The number of aromatic nitrogens is 2. The number of aryl methyl sites for hydroxylation is 3. The smallest absolute Gasteiger partial charge is 0.227 e. The fourth-order valence-corrected chi connectivity index (χ4v) is 3.39. The van der Waals surface area contributed by atoms with Crippen LogP contribution < -0.4 is 4.90 Å². The van der Waals surface area contributed by atoms with Crippen LogP contribution in [0.5, 0.6) is 0 Å². The number of fused-ring (bicyclic) bond motifs is 2. The lowest BCUT2D eigenvalue weighted by Crippen LogP contribution is -2.30. The Morgan fingerprint density at radius 1 is 1.04 bits per heavy atom. The van der Waals surface area contributed by atoms with Gasteiger partial charge in [-0.1, -0.05) is 6.07 Å². The van der Waals surface area contributed by atoms with E-state index in [1.165, 1.54) is 22.3 Å². The zero-order valence-electron chi connectivity index (χ0n) is 13.6. The van der Waals surface area contributed by atoms with E-state index in [-0.39, 0.29) is 5.91 Å². The molecule has 0 unspecified atom stereocenters. The van der Waals surface area contributed by atoms with E-state index in [1.807, 2.05) is 14.0 Å². The molecular weight excluding hydrogens is 286 g/mol. The van der Waals surface area contributed by atoms with Gasteiger partial charge in [0, 0.05) is 31.5 Å². The largest absolute Gasteiger partial charge is 0.315 e. The number of hydrogen-bond acceptors (Lipinski definition) is 2. The highest BCUT2D eigenvalue weighted by Gasteiger charge is 2.21. The Morgan fingerprint density at radius 2 is 1.87 bits per heavy atom. The maximum absolute atomic E-state index is 11.8. The molecule has 2 aromatic heterocycles. The van der Waals surface area contributed by atoms with Crippen LogP contribution >= 0.6 is 0 Å². The number of hydrogen-bond donors (Lipinski definition) is 0. The van der Waals surface area contributed by atoms with E-state index in [0.717, 1.165) is 23.4 Å². The van der Waals surface area contributed by atoms with Gasteiger partial charge in [0.1, 0.15) is 5.65 Å². The minimum absolute atomic E-state index is 0.191. The molecule has 0 aliphatic carbocycles. The fraction of sp³-hybridized carbons (Fsp3) is 0.263. The number of benzene rings is 1. The molecule has 1 aromatic carbocycles. The molecule has 4 heteroatoms. The van der Waals surface area contributed by atoms with Gasteiger partial charge in [0.15, 0.2) is 0 Å². The van der Waals surface area contributed by atoms with Gasteiger partial charge >= 0.3 is 0 Å². The van der Waals surface area contributed by atoms with Crippen molar-refractivity contribution in [2.45, 2.75) is 26.7 Å². The molecule has 0 radical (unpaired) electrons.